The molecule has 0 fully saturated rings. The Kier molecular flexibility index (Phi) is 5.88. The molecule has 1 aliphatic rings. The largest absolute Gasteiger partial charge is 0.495 e. The Morgan fingerprint density at radius 2 is 1.73 bits per heavy atom. The molecule has 7 heteroatoms. The molecular weight excluding hydrogens is 434 g/mol. The number of para-hydroxylation sites is 3. The zero-order chi connectivity index (χ0) is 22.8. The van der Waals surface area contributed by atoms with Crippen LogP contribution in [0.15, 0.2) is 82.7 Å². The van der Waals surface area contributed by atoms with Crippen LogP contribution in [0.3, 0.4) is 0 Å². The summed E-state index contributed by atoms with van der Waals surface area (Å²) in [6.45, 7) is 1.31. The first-order chi connectivity index (χ1) is 16.2. The van der Waals surface area contributed by atoms with Crippen molar-refractivity contribution in [3.8, 4) is 11.4 Å². The number of ether oxygens (including phenoxy) is 1. The minimum Gasteiger partial charge on any atom is -0.495 e. The van der Waals surface area contributed by atoms with E-state index >= 15 is 0 Å². The number of fused-ring (bicyclic) bond motifs is 2. The highest BCUT2D eigenvalue weighted by Crippen LogP contribution is 2.28. The predicted octanol–water partition coefficient (Wildman–Crippen LogP) is 4.07. The molecule has 0 atom stereocenters. The third-order valence-corrected chi connectivity index (χ3v) is 6.80. The quantitative estimate of drug-likeness (QED) is 0.334. The van der Waals surface area contributed by atoms with Crippen molar-refractivity contribution in [2.24, 2.45) is 0 Å². The highest BCUT2D eigenvalue weighted by atomic mass is 32.2. The minimum atomic E-state index is -0.188. The molecule has 5 rings (SSSR count). The van der Waals surface area contributed by atoms with Crippen LogP contribution in [0.1, 0.15) is 11.1 Å². The van der Waals surface area contributed by atoms with Gasteiger partial charge in [-0.1, -0.05) is 60.3 Å². The first-order valence-corrected chi connectivity index (χ1v) is 11.8. The number of aromatic nitrogens is 2. The normalized spacial score (nSPS) is 13.1. The van der Waals surface area contributed by atoms with E-state index in [0.29, 0.717) is 40.6 Å². The molecule has 0 aliphatic carbocycles. The zero-order valence-electron chi connectivity index (χ0n) is 18.2. The van der Waals surface area contributed by atoms with E-state index < -0.39 is 0 Å². The van der Waals surface area contributed by atoms with Gasteiger partial charge in [0.25, 0.3) is 5.56 Å². The summed E-state index contributed by atoms with van der Waals surface area (Å²) in [6.07, 6.45) is 0.854. The van der Waals surface area contributed by atoms with Crippen molar-refractivity contribution in [3.05, 3.63) is 94.3 Å². The fraction of sp³-hybridized carbons (Fsp3) is 0.192. The molecule has 0 spiro atoms. The molecule has 33 heavy (non-hydrogen) atoms. The molecule has 0 saturated heterocycles. The number of benzene rings is 3. The van der Waals surface area contributed by atoms with Gasteiger partial charge in [0.15, 0.2) is 5.16 Å². The fourth-order valence-corrected chi connectivity index (χ4v) is 5.07. The van der Waals surface area contributed by atoms with E-state index in [2.05, 4.69) is 12.1 Å². The lowest BCUT2D eigenvalue weighted by Crippen LogP contribution is -2.37. The lowest BCUT2D eigenvalue weighted by molar-refractivity contribution is -0.129. The number of nitrogens with zero attached hydrogens (tertiary/aromatic N) is 3. The zero-order valence-corrected chi connectivity index (χ0v) is 19.0. The van der Waals surface area contributed by atoms with E-state index in [1.54, 1.807) is 17.7 Å². The summed E-state index contributed by atoms with van der Waals surface area (Å²) in [5.74, 6) is 0.795. The third-order valence-electron chi connectivity index (χ3n) is 5.88. The molecule has 0 saturated carbocycles. The first kappa shape index (κ1) is 21.3. The smallest absolute Gasteiger partial charge is 0.266 e. The molecule has 3 aromatic carbocycles. The Morgan fingerprint density at radius 1 is 1.00 bits per heavy atom. The molecule has 0 radical (unpaired) electrons. The summed E-state index contributed by atoms with van der Waals surface area (Å²) >= 11 is 1.28. The maximum atomic E-state index is 13.5. The third kappa shape index (κ3) is 4.12. The van der Waals surface area contributed by atoms with Crippen LogP contribution >= 0.6 is 11.8 Å². The number of hydrogen-bond acceptors (Lipinski definition) is 5. The summed E-state index contributed by atoms with van der Waals surface area (Å²) in [7, 11) is 1.57. The molecule has 1 aromatic heterocycles. The van der Waals surface area contributed by atoms with Crippen LogP contribution in [0.5, 0.6) is 5.75 Å². The summed E-state index contributed by atoms with van der Waals surface area (Å²) in [5.41, 5.74) is 3.51. The van der Waals surface area contributed by atoms with Gasteiger partial charge in [0.05, 0.1) is 29.5 Å². The van der Waals surface area contributed by atoms with Crippen molar-refractivity contribution in [2.45, 2.75) is 18.1 Å². The van der Waals surface area contributed by atoms with E-state index in [0.717, 1.165) is 6.42 Å². The topological polar surface area (TPSA) is 64.4 Å². The van der Waals surface area contributed by atoms with Crippen molar-refractivity contribution < 1.29 is 9.53 Å². The Morgan fingerprint density at radius 3 is 2.58 bits per heavy atom. The van der Waals surface area contributed by atoms with Gasteiger partial charge in [0.1, 0.15) is 5.75 Å². The van der Waals surface area contributed by atoms with Crippen LogP contribution < -0.4 is 10.3 Å². The first-order valence-electron chi connectivity index (χ1n) is 10.8. The van der Waals surface area contributed by atoms with Crippen LogP contribution in [0.25, 0.3) is 16.6 Å². The molecule has 6 nitrogen and oxygen atoms in total. The summed E-state index contributed by atoms with van der Waals surface area (Å²) in [6, 6.07) is 22.8. The molecule has 0 N–H and O–H groups in total. The predicted molar refractivity (Wildman–Crippen MR) is 130 cm³/mol. The molecule has 4 aromatic rings. The number of hydrogen-bond donors (Lipinski definition) is 0. The van der Waals surface area contributed by atoms with Gasteiger partial charge < -0.3 is 9.64 Å². The average molecular weight is 458 g/mol. The van der Waals surface area contributed by atoms with Crippen LogP contribution in [-0.4, -0.2) is 39.8 Å². The summed E-state index contributed by atoms with van der Waals surface area (Å²) in [5, 5.41) is 0.987. The van der Waals surface area contributed by atoms with Gasteiger partial charge in [-0.15, -0.1) is 0 Å². The lowest BCUT2D eigenvalue weighted by Gasteiger charge is -2.28. The van der Waals surface area contributed by atoms with Gasteiger partial charge >= 0.3 is 0 Å². The van der Waals surface area contributed by atoms with Crippen LogP contribution in [0.2, 0.25) is 0 Å². The van der Waals surface area contributed by atoms with Gasteiger partial charge in [-0.3, -0.25) is 14.2 Å². The average Bonchev–Trinajstić information content (AvgIpc) is 2.87. The molecule has 0 bridgehead atoms. The number of amides is 1. The van der Waals surface area contributed by atoms with E-state index in [1.165, 1.54) is 22.9 Å². The molecule has 1 aliphatic heterocycles. The highest BCUT2D eigenvalue weighted by molar-refractivity contribution is 7.99. The molecule has 166 valence electrons. The number of thioether (sulfide) groups is 1. The molecule has 0 unspecified atom stereocenters. The number of carbonyl (C=O) groups is 1. The van der Waals surface area contributed by atoms with E-state index in [4.69, 9.17) is 9.72 Å². The Labute approximate surface area is 195 Å². The maximum Gasteiger partial charge on any atom is 0.266 e. The van der Waals surface area contributed by atoms with E-state index in [-0.39, 0.29) is 17.2 Å². The van der Waals surface area contributed by atoms with Crippen LogP contribution in [-0.2, 0) is 17.8 Å². The van der Waals surface area contributed by atoms with Gasteiger partial charge in [-0.2, -0.15) is 0 Å². The monoisotopic (exact) mass is 457 g/mol. The number of carbonyl (C=O) groups excluding carboxylic acids is 1. The lowest BCUT2D eigenvalue weighted by atomic mass is 10.00. The standard InChI is InChI=1S/C26H23N3O3S/c1-32-23-13-7-6-12-22(23)29-25(31)20-10-4-5-11-21(20)27-26(29)33-17-24(30)28-15-14-18-8-2-3-9-19(18)16-28/h2-13H,14-17H2,1H3. The molecule has 2 heterocycles. The second-order valence-corrected chi connectivity index (χ2v) is 8.79. The maximum absolute atomic E-state index is 13.5. The van der Waals surface area contributed by atoms with Gasteiger partial charge in [0, 0.05) is 13.1 Å². The second kappa shape index (κ2) is 9.11. The van der Waals surface area contributed by atoms with Crippen molar-refractivity contribution in [1.29, 1.82) is 0 Å². The van der Waals surface area contributed by atoms with E-state index in [9.17, 15) is 9.59 Å². The minimum absolute atomic E-state index is 0.0310. The van der Waals surface area contributed by atoms with Crippen LogP contribution in [0, 0.1) is 0 Å². The van der Waals surface area contributed by atoms with Crippen LogP contribution in [0.4, 0.5) is 0 Å². The van der Waals surface area contributed by atoms with E-state index in [1.807, 2.05) is 59.5 Å². The van der Waals surface area contributed by atoms with Crippen molar-refractivity contribution in [1.82, 2.24) is 14.5 Å². The fourth-order valence-electron chi connectivity index (χ4n) is 4.16. The SMILES string of the molecule is COc1ccccc1-n1c(SCC(=O)N2CCc3ccccc3C2)nc2ccccc2c1=O. The Hall–Kier alpha value is -3.58. The summed E-state index contributed by atoms with van der Waals surface area (Å²) < 4.78 is 7.05. The van der Waals surface area contributed by atoms with Gasteiger partial charge in [0.2, 0.25) is 5.91 Å². The molecular formula is C26H23N3O3S. The van der Waals surface area contributed by atoms with Gasteiger partial charge in [-0.05, 0) is 41.8 Å². The Bertz CT molecular complexity index is 1400. The summed E-state index contributed by atoms with van der Waals surface area (Å²) in [4.78, 5) is 33.1. The van der Waals surface area contributed by atoms with Crippen molar-refractivity contribution in [3.63, 3.8) is 0 Å². The second-order valence-electron chi connectivity index (χ2n) is 7.85. The van der Waals surface area contributed by atoms with Crippen molar-refractivity contribution >= 4 is 28.6 Å². The number of rotatable bonds is 5. The number of methoxy groups -OCH3 is 1. The van der Waals surface area contributed by atoms with Gasteiger partial charge in [-0.25, -0.2) is 4.98 Å². The Balaban J connectivity index is 1.48. The molecule has 1 amide bonds. The highest BCUT2D eigenvalue weighted by Gasteiger charge is 2.22. The van der Waals surface area contributed by atoms with Crippen molar-refractivity contribution in [2.75, 3.05) is 19.4 Å².